The van der Waals surface area contributed by atoms with Crippen LogP contribution in [0.15, 0.2) is 48.5 Å². The van der Waals surface area contributed by atoms with Crippen LogP contribution < -0.4 is 33.5 Å². The molecule has 0 spiro atoms. The molecule has 0 radical (unpaired) electrons. The standard InChI is InChI=1S/C18H20N8/c1-11-3-7-13(8-4-11)15(21-19)17-23-25-18(26-24-17)16(22-20)14-9-5-12(2)6-10-14/h3-10,21-22H,19-20H2,1-2H3. The highest BCUT2D eigenvalue weighted by Crippen LogP contribution is 2.09. The molecule has 0 aliphatic heterocycles. The zero-order chi connectivity index (χ0) is 18.5. The predicted octanol–water partition coefficient (Wildman–Crippen LogP) is -0.877. The maximum Gasteiger partial charge on any atom is 0.221 e. The summed E-state index contributed by atoms with van der Waals surface area (Å²) < 4.78 is 0. The minimum atomic E-state index is 0.292. The molecule has 132 valence electrons. The average Bonchev–Trinajstić information content (AvgIpc) is 2.67. The Hall–Kier alpha value is -3.36. The number of rotatable bonds is 4. The van der Waals surface area contributed by atoms with Gasteiger partial charge in [-0.05, 0) is 13.8 Å². The van der Waals surface area contributed by atoms with Gasteiger partial charge in [0.15, 0.2) is 0 Å². The fraction of sp³-hybridized carbons (Fsp3) is 0.111. The maximum absolute atomic E-state index is 5.64. The van der Waals surface area contributed by atoms with Crippen molar-refractivity contribution in [3.8, 4) is 0 Å². The summed E-state index contributed by atoms with van der Waals surface area (Å²) in [6.45, 7) is 4.02. The molecule has 3 rings (SSSR count). The monoisotopic (exact) mass is 348 g/mol. The van der Waals surface area contributed by atoms with E-state index in [0.29, 0.717) is 22.4 Å². The second-order valence-corrected chi connectivity index (χ2v) is 5.82. The molecule has 0 saturated carbocycles. The Labute approximate surface area is 150 Å². The lowest BCUT2D eigenvalue weighted by molar-refractivity contribution is 0.752. The number of nitrogens with two attached hydrogens (primary N) is 2. The van der Waals surface area contributed by atoms with Crippen molar-refractivity contribution >= 4 is 11.4 Å². The van der Waals surface area contributed by atoms with Crippen LogP contribution in [0.3, 0.4) is 0 Å². The molecule has 0 unspecified atom stereocenters. The van der Waals surface area contributed by atoms with E-state index in [1.54, 1.807) is 0 Å². The van der Waals surface area contributed by atoms with Gasteiger partial charge in [0.2, 0.25) is 11.0 Å². The first kappa shape index (κ1) is 17.5. The highest BCUT2D eigenvalue weighted by Gasteiger charge is 2.06. The molecule has 2 aromatic carbocycles. The van der Waals surface area contributed by atoms with E-state index in [1.807, 2.05) is 62.4 Å². The first-order valence-electron chi connectivity index (χ1n) is 8.01. The van der Waals surface area contributed by atoms with Crippen molar-refractivity contribution in [2.45, 2.75) is 13.8 Å². The second kappa shape index (κ2) is 7.68. The van der Waals surface area contributed by atoms with Gasteiger partial charge in [-0.3, -0.25) is 11.7 Å². The highest BCUT2D eigenvalue weighted by molar-refractivity contribution is 5.62. The van der Waals surface area contributed by atoms with Crippen LogP contribution in [-0.2, 0) is 0 Å². The molecule has 1 heterocycles. The molecule has 0 amide bonds. The molecule has 0 aliphatic carbocycles. The lowest BCUT2D eigenvalue weighted by Crippen LogP contribution is -2.38. The Morgan fingerprint density at radius 1 is 0.615 bits per heavy atom. The third-order valence-corrected chi connectivity index (χ3v) is 3.90. The van der Waals surface area contributed by atoms with Crippen molar-refractivity contribution in [3.63, 3.8) is 0 Å². The third kappa shape index (κ3) is 3.66. The number of nitrogens with zero attached hydrogens (tertiary/aromatic N) is 4. The number of hydrogen-bond donors (Lipinski definition) is 4. The van der Waals surface area contributed by atoms with Crippen LogP contribution in [0.2, 0.25) is 0 Å². The Morgan fingerprint density at radius 2 is 0.923 bits per heavy atom. The minimum absolute atomic E-state index is 0.292. The fourth-order valence-corrected chi connectivity index (χ4v) is 2.42. The largest absolute Gasteiger partial charge is 0.320 e. The molecule has 26 heavy (non-hydrogen) atoms. The van der Waals surface area contributed by atoms with Gasteiger partial charge in [0.1, 0.15) is 11.4 Å². The summed E-state index contributed by atoms with van der Waals surface area (Å²) in [5.41, 5.74) is 10.9. The molecule has 3 aromatic rings. The number of hydrazine groups is 2. The average molecular weight is 348 g/mol. The smallest absolute Gasteiger partial charge is 0.221 e. The SMILES string of the molecule is Cc1ccc(C(NN)=c2nnc(=C(NN)c3ccc(C)cc3)nn2)cc1. The summed E-state index contributed by atoms with van der Waals surface area (Å²) in [6, 6.07) is 15.6. The first-order valence-corrected chi connectivity index (χ1v) is 8.01. The van der Waals surface area contributed by atoms with Gasteiger partial charge in [-0.15, -0.1) is 20.4 Å². The maximum atomic E-state index is 5.64. The summed E-state index contributed by atoms with van der Waals surface area (Å²) in [4.78, 5) is 0. The third-order valence-electron chi connectivity index (χ3n) is 3.90. The molecular weight excluding hydrogens is 328 g/mol. The van der Waals surface area contributed by atoms with Crippen molar-refractivity contribution in [3.05, 3.63) is 81.7 Å². The number of aromatic nitrogens is 4. The number of hydrogen-bond acceptors (Lipinski definition) is 8. The van der Waals surface area contributed by atoms with E-state index >= 15 is 0 Å². The molecule has 6 N–H and O–H groups in total. The van der Waals surface area contributed by atoms with Crippen molar-refractivity contribution in [2.75, 3.05) is 0 Å². The summed E-state index contributed by atoms with van der Waals surface area (Å²) in [5.74, 6) is 11.3. The van der Waals surface area contributed by atoms with Crippen molar-refractivity contribution in [1.82, 2.24) is 31.2 Å². The zero-order valence-electron chi connectivity index (χ0n) is 14.6. The van der Waals surface area contributed by atoms with Crippen LogP contribution in [-0.4, -0.2) is 20.4 Å². The van der Waals surface area contributed by atoms with Gasteiger partial charge in [-0.2, -0.15) is 0 Å². The normalized spacial score (nSPS) is 10.3. The van der Waals surface area contributed by atoms with Crippen LogP contribution in [0.1, 0.15) is 22.3 Å². The van der Waals surface area contributed by atoms with E-state index < -0.39 is 0 Å². The topological polar surface area (TPSA) is 128 Å². The van der Waals surface area contributed by atoms with Gasteiger partial charge in [0.05, 0.1) is 0 Å². The van der Waals surface area contributed by atoms with E-state index in [-0.39, 0.29) is 0 Å². The zero-order valence-corrected chi connectivity index (χ0v) is 14.6. The van der Waals surface area contributed by atoms with Crippen LogP contribution in [0.4, 0.5) is 0 Å². The number of aryl methyl sites for hydroxylation is 2. The van der Waals surface area contributed by atoms with Gasteiger partial charge in [0, 0.05) is 11.1 Å². The van der Waals surface area contributed by atoms with E-state index in [1.165, 1.54) is 0 Å². The van der Waals surface area contributed by atoms with Crippen LogP contribution in [0.25, 0.3) is 11.4 Å². The van der Waals surface area contributed by atoms with Gasteiger partial charge >= 0.3 is 0 Å². The van der Waals surface area contributed by atoms with Gasteiger partial charge in [-0.1, -0.05) is 59.7 Å². The number of nitrogens with one attached hydrogen (secondary N) is 2. The molecule has 0 aliphatic rings. The molecule has 0 fully saturated rings. The minimum Gasteiger partial charge on any atom is -0.320 e. The van der Waals surface area contributed by atoms with E-state index in [4.69, 9.17) is 11.7 Å². The molecule has 0 saturated heterocycles. The fourth-order valence-electron chi connectivity index (χ4n) is 2.42. The van der Waals surface area contributed by atoms with Crippen molar-refractivity contribution in [2.24, 2.45) is 11.7 Å². The van der Waals surface area contributed by atoms with Crippen molar-refractivity contribution < 1.29 is 0 Å². The van der Waals surface area contributed by atoms with Gasteiger partial charge in [0.25, 0.3) is 0 Å². The lowest BCUT2D eigenvalue weighted by Gasteiger charge is -2.07. The van der Waals surface area contributed by atoms with Crippen molar-refractivity contribution in [1.29, 1.82) is 0 Å². The Kier molecular flexibility index (Phi) is 5.16. The Balaban J connectivity index is 2.10. The molecule has 1 aromatic heterocycles. The summed E-state index contributed by atoms with van der Waals surface area (Å²) >= 11 is 0. The Morgan fingerprint density at radius 3 is 1.19 bits per heavy atom. The molecule has 8 nitrogen and oxygen atoms in total. The number of benzene rings is 2. The summed E-state index contributed by atoms with van der Waals surface area (Å²) in [5, 5.41) is 16.6. The first-order chi connectivity index (χ1) is 12.6. The quantitative estimate of drug-likeness (QED) is 0.354. The van der Waals surface area contributed by atoms with Crippen LogP contribution in [0, 0.1) is 13.8 Å². The van der Waals surface area contributed by atoms with Crippen LogP contribution >= 0.6 is 0 Å². The molecule has 8 heteroatoms. The highest BCUT2D eigenvalue weighted by atomic mass is 15.3. The summed E-state index contributed by atoms with van der Waals surface area (Å²) in [6.07, 6.45) is 0. The van der Waals surface area contributed by atoms with E-state index in [9.17, 15) is 0 Å². The second-order valence-electron chi connectivity index (χ2n) is 5.82. The Bertz CT molecular complexity index is 903. The van der Waals surface area contributed by atoms with Gasteiger partial charge in [-0.25, -0.2) is 0 Å². The molecule has 0 atom stereocenters. The molecular formula is C18H20N8. The molecule has 0 bridgehead atoms. The predicted molar refractivity (Wildman–Crippen MR) is 98.9 cm³/mol. The van der Waals surface area contributed by atoms with E-state index in [2.05, 4.69) is 31.2 Å². The lowest BCUT2D eigenvalue weighted by atomic mass is 10.1. The summed E-state index contributed by atoms with van der Waals surface area (Å²) in [7, 11) is 0. The van der Waals surface area contributed by atoms with E-state index in [0.717, 1.165) is 22.3 Å². The van der Waals surface area contributed by atoms with Crippen LogP contribution in [0.5, 0.6) is 0 Å². The van der Waals surface area contributed by atoms with Gasteiger partial charge < -0.3 is 10.9 Å².